The first-order valence-electron chi connectivity index (χ1n) is 4.91. The van der Waals surface area contributed by atoms with E-state index < -0.39 is 0 Å². The molecule has 0 aliphatic carbocycles. The summed E-state index contributed by atoms with van der Waals surface area (Å²) in [5, 5.41) is 8.70. The standard InChI is InChI=1S/C10H18N2O/c1-8(2)12(6-5-11)10-4-7-13-9(10)3/h8-10H,4,6-7H2,1-3H3. The summed E-state index contributed by atoms with van der Waals surface area (Å²) in [6, 6.07) is 3.07. The molecule has 13 heavy (non-hydrogen) atoms. The van der Waals surface area contributed by atoms with Crippen LogP contribution in [0.1, 0.15) is 27.2 Å². The summed E-state index contributed by atoms with van der Waals surface area (Å²) in [7, 11) is 0. The predicted molar refractivity (Wildman–Crippen MR) is 51.3 cm³/mol. The zero-order chi connectivity index (χ0) is 9.84. The third kappa shape index (κ3) is 2.43. The molecule has 0 spiro atoms. The molecule has 0 amide bonds. The van der Waals surface area contributed by atoms with Gasteiger partial charge in [0.1, 0.15) is 0 Å². The molecular formula is C10H18N2O. The van der Waals surface area contributed by atoms with E-state index >= 15 is 0 Å². The Morgan fingerprint density at radius 3 is 2.69 bits per heavy atom. The zero-order valence-corrected chi connectivity index (χ0v) is 8.66. The molecule has 0 aromatic carbocycles. The lowest BCUT2D eigenvalue weighted by Gasteiger charge is -2.31. The predicted octanol–water partition coefficient (Wildman–Crippen LogP) is 1.40. The van der Waals surface area contributed by atoms with Gasteiger partial charge in [-0.2, -0.15) is 5.26 Å². The maximum absolute atomic E-state index is 8.70. The highest BCUT2D eigenvalue weighted by Crippen LogP contribution is 2.20. The molecule has 3 nitrogen and oxygen atoms in total. The molecule has 2 unspecified atom stereocenters. The summed E-state index contributed by atoms with van der Waals surface area (Å²) in [5.74, 6) is 0. The minimum Gasteiger partial charge on any atom is -0.377 e. The number of ether oxygens (including phenoxy) is 1. The third-order valence-corrected chi connectivity index (χ3v) is 2.68. The van der Waals surface area contributed by atoms with Gasteiger partial charge in [0.05, 0.1) is 18.7 Å². The molecule has 1 saturated heterocycles. The summed E-state index contributed by atoms with van der Waals surface area (Å²) >= 11 is 0. The summed E-state index contributed by atoms with van der Waals surface area (Å²) in [4.78, 5) is 2.22. The second-order valence-electron chi connectivity index (χ2n) is 3.86. The lowest BCUT2D eigenvalue weighted by Crippen LogP contribution is -2.44. The molecule has 1 fully saturated rings. The van der Waals surface area contributed by atoms with Crippen molar-refractivity contribution in [3.05, 3.63) is 0 Å². The quantitative estimate of drug-likeness (QED) is 0.619. The molecule has 0 N–H and O–H groups in total. The highest BCUT2D eigenvalue weighted by molar-refractivity contribution is 4.89. The van der Waals surface area contributed by atoms with Crippen molar-refractivity contribution in [2.75, 3.05) is 13.2 Å². The van der Waals surface area contributed by atoms with E-state index in [2.05, 4.69) is 31.7 Å². The monoisotopic (exact) mass is 182 g/mol. The van der Waals surface area contributed by atoms with Gasteiger partial charge in [-0.1, -0.05) is 0 Å². The van der Waals surface area contributed by atoms with Crippen molar-refractivity contribution in [1.82, 2.24) is 4.90 Å². The smallest absolute Gasteiger partial charge is 0.0871 e. The van der Waals surface area contributed by atoms with E-state index in [4.69, 9.17) is 10.00 Å². The second-order valence-corrected chi connectivity index (χ2v) is 3.86. The first kappa shape index (κ1) is 10.5. The average Bonchev–Trinajstić information content (AvgIpc) is 2.47. The van der Waals surface area contributed by atoms with Gasteiger partial charge in [0.15, 0.2) is 0 Å². The highest BCUT2D eigenvalue weighted by atomic mass is 16.5. The Hall–Kier alpha value is -0.590. The Bertz CT molecular complexity index is 198. The van der Waals surface area contributed by atoms with Crippen molar-refractivity contribution in [3.63, 3.8) is 0 Å². The third-order valence-electron chi connectivity index (χ3n) is 2.68. The van der Waals surface area contributed by atoms with Crippen molar-refractivity contribution in [2.24, 2.45) is 0 Å². The van der Waals surface area contributed by atoms with Gasteiger partial charge in [-0.3, -0.25) is 4.90 Å². The van der Waals surface area contributed by atoms with E-state index in [1.807, 2.05) is 0 Å². The van der Waals surface area contributed by atoms with Gasteiger partial charge in [-0.25, -0.2) is 0 Å². The van der Waals surface area contributed by atoms with Crippen LogP contribution in [0, 0.1) is 11.3 Å². The van der Waals surface area contributed by atoms with Gasteiger partial charge in [0.2, 0.25) is 0 Å². The lowest BCUT2D eigenvalue weighted by molar-refractivity contribution is 0.0672. The van der Waals surface area contributed by atoms with Crippen LogP contribution in [0.15, 0.2) is 0 Å². The minimum atomic E-state index is 0.274. The molecule has 2 atom stereocenters. The molecule has 1 aliphatic rings. The van der Waals surface area contributed by atoms with Gasteiger partial charge in [-0.05, 0) is 27.2 Å². The summed E-state index contributed by atoms with van der Waals surface area (Å²) in [6.07, 6.45) is 1.33. The van der Waals surface area contributed by atoms with Gasteiger partial charge in [-0.15, -0.1) is 0 Å². The Morgan fingerprint density at radius 1 is 1.62 bits per heavy atom. The number of hydrogen-bond donors (Lipinski definition) is 0. The topological polar surface area (TPSA) is 36.3 Å². The van der Waals surface area contributed by atoms with Crippen LogP contribution in [0.25, 0.3) is 0 Å². The molecule has 0 radical (unpaired) electrons. The number of rotatable bonds is 3. The van der Waals surface area contributed by atoms with E-state index in [-0.39, 0.29) is 6.10 Å². The minimum absolute atomic E-state index is 0.274. The molecule has 74 valence electrons. The fraction of sp³-hybridized carbons (Fsp3) is 0.900. The molecular weight excluding hydrogens is 164 g/mol. The molecule has 1 heterocycles. The van der Waals surface area contributed by atoms with Crippen molar-refractivity contribution >= 4 is 0 Å². The summed E-state index contributed by atoms with van der Waals surface area (Å²) in [6.45, 7) is 7.69. The number of nitriles is 1. The van der Waals surface area contributed by atoms with E-state index in [1.54, 1.807) is 0 Å². The number of nitrogens with zero attached hydrogens (tertiary/aromatic N) is 2. The van der Waals surface area contributed by atoms with Gasteiger partial charge < -0.3 is 4.74 Å². The van der Waals surface area contributed by atoms with Gasteiger partial charge >= 0.3 is 0 Å². The molecule has 3 heteroatoms. The Balaban J connectivity index is 2.59. The van der Waals surface area contributed by atoms with E-state index in [9.17, 15) is 0 Å². The Kier molecular flexibility index (Phi) is 3.71. The fourth-order valence-corrected chi connectivity index (χ4v) is 1.92. The Labute approximate surface area is 80.3 Å². The van der Waals surface area contributed by atoms with Gasteiger partial charge in [0.25, 0.3) is 0 Å². The summed E-state index contributed by atoms with van der Waals surface area (Å²) in [5.41, 5.74) is 0. The molecule has 0 bridgehead atoms. The van der Waals surface area contributed by atoms with Crippen LogP contribution in [-0.4, -0.2) is 36.2 Å². The highest BCUT2D eigenvalue weighted by Gasteiger charge is 2.30. The second kappa shape index (κ2) is 4.59. The number of hydrogen-bond acceptors (Lipinski definition) is 3. The van der Waals surface area contributed by atoms with E-state index in [0.717, 1.165) is 13.0 Å². The van der Waals surface area contributed by atoms with E-state index in [1.165, 1.54) is 0 Å². The van der Waals surface area contributed by atoms with Crippen LogP contribution < -0.4 is 0 Å². The maximum Gasteiger partial charge on any atom is 0.0871 e. The zero-order valence-electron chi connectivity index (χ0n) is 8.66. The normalized spacial score (nSPS) is 28.3. The Morgan fingerprint density at radius 2 is 2.31 bits per heavy atom. The maximum atomic E-state index is 8.70. The largest absolute Gasteiger partial charge is 0.377 e. The lowest BCUT2D eigenvalue weighted by atomic mass is 10.1. The molecule has 0 aromatic rings. The first-order chi connectivity index (χ1) is 6.16. The molecule has 0 aromatic heterocycles. The van der Waals surface area contributed by atoms with Crippen LogP contribution in [0.5, 0.6) is 0 Å². The summed E-state index contributed by atoms with van der Waals surface area (Å²) < 4.78 is 5.49. The van der Waals surface area contributed by atoms with Crippen molar-refractivity contribution < 1.29 is 4.74 Å². The van der Waals surface area contributed by atoms with Crippen LogP contribution in [0.4, 0.5) is 0 Å². The van der Waals surface area contributed by atoms with Crippen LogP contribution in [-0.2, 0) is 4.74 Å². The average molecular weight is 182 g/mol. The molecule has 1 rings (SSSR count). The van der Waals surface area contributed by atoms with Crippen molar-refractivity contribution in [2.45, 2.75) is 45.4 Å². The molecule has 1 aliphatic heterocycles. The van der Waals surface area contributed by atoms with Crippen LogP contribution >= 0.6 is 0 Å². The van der Waals surface area contributed by atoms with Crippen LogP contribution in [0.3, 0.4) is 0 Å². The van der Waals surface area contributed by atoms with E-state index in [0.29, 0.717) is 18.6 Å². The first-order valence-corrected chi connectivity index (χ1v) is 4.91. The van der Waals surface area contributed by atoms with Crippen molar-refractivity contribution in [1.29, 1.82) is 5.26 Å². The van der Waals surface area contributed by atoms with Crippen molar-refractivity contribution in [3.8, 4) is 6.07 Å². The van der Waals surface area contributed by atoms with Crippen LogP contribution in [0.2, 0.25) is 0 Å². The fourth-order valence-electron chi connectivity index (χ4n) is 1.92. The molecule has 0 saturated carbocycles. The van der Waals surface area contributed by atoms with Gasteiger partial charge in [0, 0.05) is 18.7 Å². The SMILES string of the molecule is CC1OCCC1N(CC#N)C(C)C.